The molecule has 0 aliphatic rings. The van der Waals surface area contributed by atoms with E-state index < -0.39 is 17.9 Å². The minimum atomic E-state index is -4.88. The van der Waals surface area contributed by atoms with Gasteiger partial charge in [0.25, 0.3) is 0 Å². The fourth-order valence-electron chi connectivity index (χ4n) is 1.65. The second-order valence-corrected chi connectivity index (χ2v) is 4.03. The van der Waals surface area contributed by atoms with Crippen LogP contribution in [0.1, 0.15) is 16.1 Å². The van der Waals surface area contributed by atoms with Gasteiger partial charge in [-0.3, -0.25) is 9.48 Å². The summed E-state index contributed by atoms with van der Waals surface area (Å²) in [5.74, 6) is -1.29. The number of hydrogen-bond acceptors (Lipinski definition) is 5. The van der Waals surface area contributed by atoms with Crippen molar-refractivity contribution >= 4 is 5.78 Å². The maximum atomic E-state index is 12.3. The lowest BCUT2D eigenvalue weighted by molar-refractivity contribution is -0.274. The van der Waals surface area contributed by atoms with Crippen LogP contribution in [0.2, 0.25) is 0 Å². The lowest BCUT2D eigenvalue weighted by Gasteiger charge is -2.11. The zero-order valence-corrected chi connectivity index (χ0v) is 10.7. The number of ether oxygens (including phenoxy) is 1. The largest absolute Gasteiger partial charge is 0.573 e. The zero-order valence-electron chi connectivity index (χ0n) is 10.7. The molecule has 1 aromatic heterocycles. The number of benzene rings is 1. The SMILES string of the molecule is NCCn1cc(C(=O)c2ccccc2OC(F)(F)F)nn1. The molecule has 0 radical (unpaired) electrons. The molecule has 0 fully saturated rings. The van der Waals surface area contributed by atoms with Crippen LogP contribution in [0.4, 0.5) is 13.2 Å². The predicted octanol–water partition coefficient (Wildman–Crippen LogP) is 1.37. The van der Waals surface area contributed by atoms with Gasteiger partial charge in [-0.2, -0.15) is 0 Å². The molecule has 9 heteroatoms. The Balaban J connectivity index is 2.30. The number of rotatable bonds is 5. The first-order valence-corrected chi connectivity index (χ1v) is 5.90. The van der Waals surface area contributed by atoms with Crippen LogP contribution in [0, 0.1) is 0 Å². The third-order valence-electron chi connectivity index (χ3n) is 2.49. The van der Waals surface area contributed by atoms with E-state index in [0.29, 0.717) is 13.1 Å². The van der Waals surface area contributed by atoms with Gasteiger partial charge in [-0.05, 0) is 12.1 Å². The summed E-state index contributed by atoms with van der Waals surface area (Å²) in [4.78, 5) is 12.2. The number of carbonyl (C=O) groups is 1. The molecule has 0 saturated heterocycles. The molecular weight excluding hydrogens is 289 g/mol. The highest BCUT2D eigenvalue weighted by atomic mass is 19.4. The number of alkyl halides is 3. The Morgan fingerprint density at radius 1 is 1.33 bits per heavy atom. The number of nitrogens with zero attached hydrogens (tertiary/aromatic N) is 3. The standard InChI is InChI=1S/C12H11F3N4O2/c13-12(14,15)21-10-4-2-1-3-8(10)11(20)9-7-19(6-5-16)18-17-9/h1-4,7H,5-6,16H2. The molecule has 2 N–H and O–H groups in total. The summed E-state index contributed by atoms with van der Waals surface area (Å²) in [5.41, 5.74) is 5.01. The van der Waals surface area contributed by atoms with Crippen molar-refractivity contribution < 1.29 is 22.7 Å². The molecule has 21 heavy (non-hydrogen) atoms. The van der Waals surface area contributed by atoms with Crippen molar-refractivity contribution in [1.29, 1.82) is 0 Å². The van der Waals surface area contributed by atoms with Crippen LogP contribution in [-0.4, -0.2) is 33.7 Å². The van der Waals surface area contributed by atoms with Gasteiger partial charge in [-0.25, -0.2) is 0 Å². The van der Waals surface area contributed by atoms with Crippen LogP contribution in [0.15, 0.2) is 30.5 Å². The predicted molar refractivity (Wildman–Crippen MR) is 65.6 cm³/mol. The van der Waals surface area contributed by atoms with Gasteiger partial charge in [0, 0.05) is 6.54 Å². The summed E-state index contributed by atoms with van der Waals surface area (Å²) < 4.78 is 42.1. The van der Waals surface area contributed by atoms with E-state index in [9.17, 15) is 18.0 Å². The lowest BCUT2D eigenvalue weighted by atomic mass is 10.1. The third kappa shape index (κ3) is 3.78. The lowest BCUT2D eigenvalue weighted by Crippen LogP contribution is -2.19. The first-order chi connectivity index (χ1) is 9.90. The number of aromatic nitrogens is 3. The van der Waals surface area contributed by atoms with E-state index in [1.165, 1.54) is 29.1 Å². The topological polar surface area (TPSA) is 83.0 Å². The Labute approximate surface area is 117 Å². The van der Waals surface area contributed by atoms with E-state index in [0.717, 1.165) is 6.07 Å². The smallest absolute Gasteiger partial charge is 0.405 e. The minimum Gasteiger partial charge on any atom is -0.405 e. The van der Waals surface area contributed by atoms with E-state index in [1.807, 2.05) is 0 Å². The van der Waals surface area contributed by atoms with Gasteiger partial charge in [-0.15, -0.1) is 18.3 Å². The normalized spacial score (nSPS) is 11.4. The fourth-order valence-corrected chi connectivity index (χ4v) is 1.65. The molecule has 112 valence electrons. The molecular formula is C12H11F3N4O2. The number of nitrogens with two attached hydrogens (primary N) is 1. The Morgan fingerprint density at radius 3 is 2.71 bits per heavy atom. The number of carbonyl (C=O) groups excluding carboxylic acids is 1. The van der Waals surface area contributed by atoms with Crippen LogP contribution < -0.4 is 10.5 Å². The molecule has 0 saturated carbocycles. The second kappa shape index (κ2) is 5.92. The zero-order chi connectivity index (χ0) is 15.5. The molecule has 0 atom stereocenters. The Morgan fingerprint density at radius 2 is 2.05 bits per heavy atom. The monoisotopic (exact) mass is 300 g/mol. The van der Waals surface area contributed by atoms with Crippen molar-refractivity contribution in [2.24, 2.45) is 5.73 Å². The maximum absolute atomic E-state index is 12.3. The van der Waals surface area contributed by atoms with Crippen LogP contribution in [0.3, 0.4) is 0 Å². The van der Waals surface area contributed by atoms with E-state index in [1.54, 1.807) is 0 Å². The van der Waals surface area contributed by atoms with Crippen molar-refractivity contribution in [2.75, 3.05) is 6.54 Å². The Bertz CT molecular complexity index is 639. The van der Waals surface area contributed by atoms with E-state index >= 15 is 0 Å². The van der Waals surface area contributed by atoms with Crippen LogP contribution in [0.25, 0.3) is 0 Å². The Hall–Kier alpha value is -2.42. The molecule has 0 spiro atoms. The summed E-state index contributed by atoms with van der Waals surface area (Å²) >= 11 is 0. The van der Waals surface area contributed by atoms with Crippen LogP contribution in [-0.2, 0) is 6.54 Å². The van der Waals surface area contributed by atoms with Gasteiger partial charge in [0.2, 0.25) is 5.78 Å². The summed E-state index contributed by atoms with van der Waals surface area (Å²) in [6.07, 6.45) is -3.56. The van der Waals surface area contributed by atoms with Gasteiger partial charge >= 0.3 is 6.36 Å². The van der Waals surface area contributed by atoms with Gasteiger partial charge in [0.05, 0.1) is 18.3 Å². The van der Waals surface area contributed by atoms with Crippen molar-refractivity contribution in [3.8, 4) is 5.75 Å². The van der Waals surface area contributed by atoms with Gasteiger partial charge in [0.1, 0.15) is 5.75 Å². The van der Waals surface area contributed by atoms with Crippen molar-refractivity contribution in [3.63, 3.8) is 0 Å². The molecule has 0 aliphatic carbocycles. The maximum Gasteiger partial charge on any atom is 0.573 e. The highest BCUT2D eigenvalue weighted by Crippen LogP contribution is 2.27. The molecule has 0 amide bonds. The summed E-state index contributed by atoms with van der Waals surface area (Å²) in [5, 5.41) is 7.28. The minimum absolute atomic E-state index is 0.0818. The van der Waals surface area contributed by atoms with Crippen molar-refractivity contribution in [1.82, 2.24) is 15.0 Å². The molecule has 2 aromatic rings. The highest BCUT2D eigenvalue weighted by molar-refractivity contribution is 6.09. The van der Waals surface area contributed by atoms with E-state index in [2.05, 4.69) is 15.0 Å². The van der Waals surface area contributed by atoms with E-state index in [-0.39, 0.29) is 11.3 Å². The quantitative estimate of drug-likeness (QED) is 0.843. The average Bonchev–Trinajstić information content (AvgIpc) is 2.86. The molecule has 1 heterocycles. The van der Waals surface area contributed by atoms with Gasteiger partial charge in [0.15, 0.2) is 5.69 Å². The van der Waals surface area contributed by atoms with Crippen LogP contribution in [0.5, 0.6) is 5.75 Å². The first-order valence-electron chi connectivity index (χ1n) is 5.90. The number of para-hydroxylation sites is 1. The molecule has 0 aliphatic heterocycles. The third-order valence-corrected chi connectivity index (χ3v) is 2.49. The summed E-state index contributed by atoms with van der Waals surface area (Å²) in [7, 11) is 0. The van der Waals surface area contributed by atoms with Crippen molar-refractivity contribution in [3.05, 3.63) is 41.7 Å². The molecule has 0 bridgehead atoms. The fraction of sp³-hybridized carbons (Fsp3) is 0.250. The molecule has 1 aromatic carbocycles. The highest BCUT2D eigenvalue weighted by Gasteiger charge is 2.33. The van der Waals surface area contributed by atoms with Crippen LogP contribution >= 0.6 is 0 Å². The second-order valence-electron chi connectivity index (χ2n) is 4.03. The summed E-state index contributed by atoms with van der Waals surface area (Å²) in [6, 6.07) is 5.06. The summed E-state index contributed by atoms with van der Waals surface area (Å²) in [6.45, 7) is 0.645. The number of halogens is 3. The van der Waals surface area contributed by atoms with E-state index in [4.69, 9.17) is 5.73 Å². The molecule has 0 unspecified atom stereocenters. The number of hydrogen-bond donors (Lipinski definition) is 1. The number of ketones is 1. The first kappa shape index (κ1) is 15.0. The van der Waals surface area contributed by atoms with Crippen molar-refractivity contribution in [2.45, 2.75) is 12.9 Å². The Kier molecular flexibility index (Phi) is 4.22. The molecule has 6 nitrogen and oxygen atoms in total. The molecule has 2 rings (SSSR count). The van der Waals surface area contributed by atoms with Gasteiger partial charge < -0.3 is 10.5 Å². The van der Waals surface area contributed by atoms with Gasteiger partial charge in [-0.1, -0.05) is 17.3 Å². The average molecular weight is 300 g/mol.